The number of H-pyrrole nitrogens is 1. The molecule has 0 atom stereocenters. The van der Waals surface area contributed by atoms with Gasteiger partial charge in [-0.15, -0.1) is 11.3 Å². The summed E-state index contributed by atoms with van der Waals surface area (Å²) in [7, 11) is 0. The van der Waals surface area contributed by atoms with Crippen molar-refractivity contribution in [3.8, 4) is 10.6 Å². The third-order valence-electron chi connectivity index (χ3n) is 2.21. The van der Waals surface area contributed by atoms with E-state index in [9.17, 15) is 0 Å². The molecule has 0 unspecified atom stereocenters. The van der Waals surface area contributed by atoms with Crippen LogP contribution in [0.1, 0.15) is 0 Å². The van der Waals surface area contributed by atoms with Crippen molar-refractivity contribution < 1.29 is 0 Å². The summed E-state index contributed by atoms with van der Waals surface area (Å²) in [4.78, 5) is 7.38. The summed E-state index contributed by atoms with van der Waals surface area (Å²) in [5.74, 6) is 0. The van der Waals surface area contributed by atoms with E-state index in [0.717, 1.165) is 10.5 Å². The standard InChI is InChI=1S/C11H7N2S/c1-2-9(11-13-6-7-14-11)8-4-5-12-10(8)3-1/h1-5,7,12H. The third-order valence-corrected chi connectivity index (χ3v) is 2.97. The molecule has 67 valence electrons. The molecule has 3 aromatic rings. The van der Waals surface area contributed by atoms with Gasteiger partial charge in [0.1, 0.15) is 11.2 Å². The van der Waals surface area contributed by atoms with Crippen molar-refractivity contribution in [2.24, 2.45) is 0 Å². The normalized spacial score (nSPS) is 10.9. The van der Waals surface area contributed by atoms with Crippen molar-refractivity contribution in [3.63, 3.8) is 0 Å². The number of benzene rings is 1. The molecule has 2 heterocycles. The van der Waals surface area contributed by atoms with E-state index in [1.165, 1.54) is 10.9 Å². The van der Waals surface area contributed by atoms with E-state index < -0.39 is 0 Å². The van der Waals surface area contributed by atoms with Crippen molar-refractivity contribution in [2.75, 3.05) is 0 Å². The first-order valence-electron chi connectivity index (χ1n) is 4.33. The van der Waals surface area contributed by atoms with Crippen molar-refractivity contribution in [3.05, 3.63) is 42.0 Å². The molecular formula is C11H7N2S. The highest BCUT2D eigenvalue weighted by molar-refractivity contribution is 7.13. The summed E-state index contributed by atoms with van der Waals surface area (Å²) >= 11 is 1.61. The zero-order valence-corrected chi connectivity index (χ0v) is 8.14. The predicted octanol–water partition coefficient (Wildman–Crippen LogP) is 3.09. The van der Waals surface area contributed by atoms with E-state index in [1.54, 1.807) is 11.3 Å². The average molecular weight is 199 g/mol. The summed E-state index contributed by atoms with van der Waals surface area (Å²) in [6, 6.07) is 8.26. The number of aromatic amines is 1. The number of hydrogen-bond donors (Lipinski definition) is 1. The van der Waals surface area contributed by atoms with Crippen molar-refractivity contribution >= 4 is 22.2 Å². The molecule has 0 amide bonds. The minimum absolute atomic E-state index is 1.02. The molecule has 0 aliphatic rings. The molecule has 2 nitrogen and oxygen atoms in total. The lowest BCUT2D eigenvalue weighted by molar-refractivity contribution is 1.40. The van der Waals surface area contributed by atoms with E-state index >= 15 is 0 Å². The van der Waals surface area contributed by atoms with Gasteiger partial charge in [0.05, 0.1) is 0 Å². The summed E-state index contributed by atoms with van der Waals surface area (Å²) in [5.41, 5.74) is 2.33. The van der Waals surface area contributed by atoms with Crippen LogP contribution in [0.4, 0.5) is 0 Å². The molecule has 0 aliphatic carbocycles. The number of nitrogens with one attached hydrogen (secondary N) is 1. The van der Waals surface area contributed by atoms with Gasteiger partial charge in [0.2, 0.25) is 0 Å². The zero-order chi connectivity index (χ0) is 9.38. The molecule has 1 aromatic carbocycles. The lowest BCUT2D eigenvalue weighted by Crippen LogP contribution is -1.76. The van der Waals surface area contributed by atoms with Gasteiger partial charge in [0, 0.05) is 28.0 Å². The van der Waals surface area contributed by atoms with Crippen LogP contribution in [-0.2, 0) is 0 Å². The lowest BCUT2D eigenvalue weighted by Gasteiger charge is -1.97. The molecule has 2 aromatic heterocycles. The summed E-state index contributed by atoms with van der Waals surface area (Å²) in [6.07, 6.45) is 4.79. The van der Waals surface area contributed by atoms with Crippen LogP contribution in [0.25, 0.3) is 21.5 Å². The second kappa shape index (κ2) is 2.96. The minimum Gasteiger partial charge on any atom is -0.361 e. The quantitative estimate of drug-likeness (QED) is 0.641. The summed E-state index contributed by atoms with van der Waals surface area (Å²) < 4.78 is 0. The SMILES string of the molecule is [c]1csc(-c2cccc3[nH]ccc23)n1. The van der Waals surface area contributed by atoms with Crippen molar-refractivity contribution in [2.45, 2.75) is 0 Å². The van der Waals surface area contributed by atoms with Crippen LogP contribution in [0.3, 0.4) is 0 Å². The van der Waals surface area contributed by atoms with Crippen LogP contribution in [0.5, 0.6) is 0 Å². The molecule has 0 spiro atoms. The number of rotatable bonds is 1. The third kappa shape index (κ3) is 1.06. The lowest BCUT2D eigenvalue weighted by atomic mass is 10.1. The van der Waals surface area contributed by atoms with Gasteiger partial charge in [0.25, 0.3) is 0 Å². The Hall–Kier alpha value is -1.61. The van der Waals surface area contributed by atoms with Gasteiger partial charge in [-0.2, -0.15) is 0 Å². The van der Waals surface area contributed by atoms with Crippen LogP contribution >= 0.6 is 11.3 Å². The highest BCUT2D eigenvalue weighted by Crippen LogP contribution is 2.28. The molecule has 1 radical (unpaired) electrons. The van der Waals surface area contributed by atoms with Gasteiger partial charge in [-0.3, -0.25) is 0 Å². The predicted molar refractivity (Wildman–Crippen MR) is 58.2 cm³/mol. The monoisotopic (exact) mass is 199 g/mol. The van der Waals surface area contributed by atoms with Crippen LogP contribution < -0.4 is 0 Å². The Morgan fingerprint density at radius 1 is 1.29 bits per heavy atom. The Kier molecular flexibility index (Phi) is 1.64. The van der Waals surface area contributed by atoms with E-state index in [2.05, 4.69) is 34.4 Å². The molecule has 0 bridgehead atoms. The molecule has 3 heteroatoms. The average Bonchev–Trinajstić information content (AvgIpc) is 2.88. The smallest absolute Gasteiger partial charge is 0.124 e. The van der Waals surface area contributed by atoms with Gasteiger partial charge in [-0.1, -0.05) is 12.1 Å². The van der Waals surface area contributed by atoms with Gasteiger partial charge >= 0.3 is 0 Å². The molecule has 14 heavy (non-hydrogen) atoms. The van der Waals surface area contributed by atoms with E-state index in [4.69, 9.17) is 0 Å². The number of aromatic nitrogens is 2. The van der Waals surface area contributed by atoms with Gasteiger partial charge < -0.3 is 4.98 Å². The zero-order valence-electron chi connectivity index (χ0n) is 7.32. The van der Waals surface area contributed by atoms with E-state index in [0.29, 0.717) is 0 Å². The second-order valence-electron chi connectivity index (χ2n) is 3.03. The Labute approximate surface area is 85.2 Å². The fourth-order valence-electron chi connectivity index (χ4n) is 1.59. The Balaban J connectivity index is 2.36. The first-order valence-corrected chi connectivity index (χ1v) is 5.21. The van der Waals surface area contributed by atoms with Crippen molar-refractivity contribution in [1.82, 2.24) is 9.97 Å². The van der Waals surface area contributed by atoms with Gasteiger partial charge in [-0.25, -0.2) is 4.98 Å². The second-order valence-corrected chi connectivity index (χ2v) is 3.88. The summed E-state index contributed by atoms with van der Waals surface area (Å²) in [6.45, 7) is 0. The van der Waals surface area contributed by atoms with Gasteiger partial charge in [-0.05, 0) is 12.1 Å². The number of hydrogen-bond acceptors (Lipinski definition) is 2. The Morgan fingerprint density at radius 3 is 3.14 bits per heavy atom. The van der Waals surface area contributed by atoms with Crippen LogP contribution in [0.15, 0.2) is 35.8 Å². The van der Waals surface area contributed by atoms with Crippen LogP contribution in [0, 0.1) is 6.20 Å². The Morgan fingerprint density at radius 2 is 2.29 bits per heavy atom. The molecular weight excluding hydrogens is 192 g/mol. The first-order chi connectivity index (χ1) is 6.95. The van der Waals surface area contributed by atoms with Crippen LogP contribution in [-0.4, -0.2) is 9.97 Å². The number of nitrogens with zero attached hydrogens (tertiary/aromatic N) is 1. The largest absolute Gasteiger partial charge is 0.361 e. The molecule has 3 rings (SSSR count). The highest BCUT2D eigenvalue weighted by atomic mass is 32.1. The topological polar surface area (TPSA) is 28.7 Å². The first kappa shape index (κ1) is 7.76. The minimum atomic E-state index is 1.02. The maximum absolute atomic E-state index is 4.20. The number of fused-ring (bicyclic) bond motifs is 1. The van der Waals surface area contributed by atoms with E-state index in [1.807, 2.05) is 17.6 Å². The van der Waals surface area contributed by atoms with E-state index in [-0.39, 0.29) is 0 Å². The number of thiazole rings is 1. The maximum Gasteiger partial charge on any atom is 0.124 e. The molecule has 0 fully saturated rings. The fraction of sp³-hybridized carbons (Fsp3) is 0. The maximum atomic E-state index is 4.20. The summed E-state index contributed by atoms with van der Waals surface area (Å²) in [5, 5.41) is 4.12. The van der Waals surface area contributed by atoms with Crippen LogP contribution in [0.2, 0.25) is 0 Å². The Bertz CT molecular complexity index is 551. The van der Waals surface area contributed by atoms with Gasteiger partial charge in [0.15, 0.2) is 0 Å². The molecule has 0 aliphatic heterocycles. The van der Waals surface area contributed by atoms with Crippen molar-refractivity contribution in [1.29, 1.82) is 0 Å². The molecule has 1 N–H and O–H groups in total. The molecule has 0 saturated heterocycles. The highest BCUT2D eigenvalue weighted by Gasteiger charge is 2.05. The molecule has 0 saturated carbocycles. The fourth-order valence-corrected chi connectivity index (χ4v) is 2.22.